The highest BCUT2D eigenvalue weighted by Crippen LogP contribution is 1.97. The average molecular weight is 131 g/mol. The summed E-state index contributed by atoms with van der Waals surface area (Å²) in [6, 6.07) is 0. The molecule has 0 radical (unpaired) electrons. The zero-order valence-corrected chi connectivity index (χ0v) is 5.24. The maximum atomic E-state index is 9.66. The molecule has 4 heteroatoms. The lowest BCUT2D eigenvalue weighted by atomic mass is 10.3. The Morgan fingerprint density at radius 1 is 2.00 bits per heavy atom. The maximum absolute atomic E-state index is 9.66. The fourth-order valence-corrected chi connectivity index (χ4v) is 0.395. The first-order valence-electron chi connectivity index (χ1n) is 2.64. The van der Waals surface area contributed by atoms with E-state index in [1.54, 1.807) is 6.92 Å². The van der Waals surface area contributed by atoms with Crippen LogP contribution in [0, 0.1) is 10.1 Å². The fraction of sp³-hybridized carbons (Fsp3) is 0.600. The van der Waals surface area contributed by atoms with Crippen molar-refractivity contribution in [1.29, 1.82) is 0 Å². The zero-order chi connectivity index (χ0) is 7.28. The van der Waals surface area contributed by atoms with Crippen LogP contribution in [0.15, 0.2) is 12.7 Å². The van der Waals surface area contributed by atoms with Crippen molar-refractivity contribution >= 4 is 0 Å². The lowest BCUT2D eigenvalue weighted by Crippen LogP contribution is -2.12. The van der Waals surface area contributed by atoms with Crippen LogP contribution in [-0.2, 0) is 4.84 Å². The third kappa shape index (κ3) is 3.52. The quantitative estimate of drug-likeness (QED) is 0.327. The first-order chi connectivity index (χ1) is 4.20. The smallest absolute Gasteiger partial charge is 0.295 e. The van der Waals surface area contributed by atoms with Gasteiger partial charge in [0.15, 0.2) is 0 Å². The van der Waals surface area contributed by atoms with E-state index >= 15 is 0 Å². The molecule has 0 saturated heterocycles. The molecule has 4 nitrogen and oxygen atoms in total. The van der Waals surface area contributed by atoms with E-state index in [2.05, 4.69) is 11.4 Å². The second kappa shape index (κ2) is 3.88. The third-order valence-electron chi connectivity index (χ3n) is 0.887. The molecule has 0 aromatic heterocycles. The summed E-state index contributed by atoms with van der Waals surface area (Å²) in [4.78, 5) is 13.8. The molecule has 52 valence electrons. The Kier molecular flexibility index (Phi) is 3.43. The maximum Gasteiger partial charge on any atom is 0.295 e. The molecular formula is C5H9NO3. The summed E-state index contributed by atoms with van der Waals surface area (Å²) in [5, 5.41) is 8.85. The Morgan fingerprint density at radius 2 is 2.56 bits per heavy atom. The van der Waals surface area contributed by atoms with Gasteiger partial charge in [0.05, 0.1) is 0 Å². The molecule has 0 aliphatic rings. The Hall–Kier alpha value is -1.06. The molecule has 0 bridgehead atoms. The van der Waals surface area contributed by atoms with Crippen molar-refractivity contribution in [2.24, 2.45) is 0 Å². The first-order valence-corrected chi connectivity index (χ1v) is 2.64. The zero-order valence-electron chi connectivity index (χ0n) is 5.24. The predicted molar refractivity (Wildman–Crippen MR) is 32.4 cm³/mol. The van der Waals surface area contributed by atoms with Crippen LogP contribution in [0.2, 0.25) is 0 Å². The summed E-state index contributed by atoms with van der Waals surface area (Å²) in [5.41, 5.74) is 0. The molecule has 9 heavy (non-hydrogen) atoms. The minimum atomic E-state index is -0.810. The highest BCUT2D eigenvalue weighted by atomic mass is 17.0. The van der Waals surface area contributed by atoms with E-state index in [9.17, 15) is 10.1 Å². The Bertz CT molecular complexity index is 113. The van der Waals surface area contributed by atoms with Gasteiger partial charge in [-0.1, -0.05) is 13.0 Å². The second-order valence-electron chi connectivity index (χ2n) is 1.51. The van der Waals surface area contributed by atoms with E-state index in [1.807, 2.05) is 0 Å². The Labute approximate surface area is 53.2 Å². The Morgan fingerprint density at radius 3 is 2.67 bits per heavy atom. The van der Waals surface area contributed by atoms with Gasteiger partial charge < -0.3 is 4.84 Å². The van der Waals surface area contributed by atoms with E-state index in [4.69, 9.17) is 0 Å². The van der Waals surface area contributed by atoms with E-state index < -0.39 is 11.2 Å². The molecular weight excluding hydrogens is 122 g/mol. The molecule has 1 atom stereocenters. The molecule has 0 saturated carbocycles. The monoisotopic (exact) mass is 131 g/mol. The standard InChI is InChI=1S/C5H9NO3/c1-3-5(4-2)9-6(7)8/h3,5H,1,4H2,2H3. The van der Waals surface area contributed by atoms with Crippen molar-refractivity contribution in [2.75, 3.05) is 0 Å². The number of nitrogens with zero attached hydrogens (tertiary/aromatic N) is 1. The van der Waals surface area contributed by atoms with Crippen LogP contribution in [0.1, 0.15) is 13.3 Å². The molecule has 0 aromatic carbocycles. The Balaban J connectivity index is 3.55. The molecule has 0 amide bonds. The lowest BCUT2D eigenvalue weighted by molar-refractivity contribution is -0.765. The van der Waals surface area contributed by atoms with Crippen LogP contribution in [0.5, 0.6) is 0 Å². The minimum Gasteiger partial charge on any atom is -0.306 e. The molecule has 0 aromatic rings. The van der Waals surface area contributed by atoms with Gasteiger partial charge in [-0.25, -0.2) is 0 Å². The van der Waals surface area contributed by atoms with Gasteiger partial charge >= 0.3 is 0 Å². The van der Waals surface area contributed by atoms with Gasteiger partial charge in [0.2, 0.25) is 0 Å². The topological polar surface area (TPSA) is 52.4 Å². The lowest BCUT2D eigenvalue weighted by Gasteiger charge is -2.04. The van der Waals surface area contributed by atoms with Crippen LogP contribution < -0.4 is 0 Å². The summed E-state index contributed by atoms with van der Waals surface area (Å²) in [6.45, 7) is 5.14. The summed E-state index contributed by atoms with van der Waals surface area (Å²) < 4.78 is 0. The third-order valence-corrected chi connectivity index (χ3v) is 0.887. The van der Waals surface area contributed by atoms with Crippen molar-refractivity contribution in [1.82, 2.24) is 0 Å². The van der Waals surface area contributed by atoms with Crippen LogP contribution in [0.4, 0.5) is 0 Å². The SMILES string of the molecule is C=CC(CC)O[N+](=O)[O-]. The molecule has 0 heterocycles. The van der Waals surface area contributed by atoms with Crippen molar-refractivity contribution in [3.63, 3.8) is 0 Å². The first kappa shape index (κ1) is 7.94. The molecule has 0 aliphatic heterocycles. The molecule has 0 N–H and O–H groups in total. The molecule has 0 fully saturated rings. The van der Waals surface area contributed by atoms with Crippen LogP contribution in [-0.4, -0.2) is 11.2 Å². The van der Waals surface area contributed by atoms with Crippen molar-refractivity contribution in [3.05, 3.63) is 22.8 Å². The average Bonchev–Trinajstić information content (AvgIpc) is 1.82. The van der Waals surface area contributed by atoms with Gasteiger partial charge in [-0.05, 0) is 6.42 Å². The summed E-state index contributed by atoms with van der Waals surface area (Å²) in [6.07, 6.45) is 1.52. The molecule has 0 spiro atoms. The number of hydrogen-bond acceptors (Lipinski definition) is 3. The van der Waals surface area contributed by atoms with E-state index in [0.29, 0.717) is 6.42 Å². The van der Waals surface area contributed by atoms with Crippen molar-refractivity contribution < 1.29 is 9.92 Å². The van der Waals surface area contributed by atoms with Gasteiger partial charge in [0.1, 0.15) is 6.10 Å². The summed E-state index contributed by atoms with van der Waals surface area (Å²) >= 11 is 0. The van der Waals surface area contributed by atoms with Gasteiger partial charge in [-0.2, -0.15) is 0 Å². The molecule has 1 unspecified atom stereocenters. The number of hydrogen-bond donors (Lipinski definition) is 0. The molecule has 0 rings (SSSR count). The van der Waals surface area contributed by atoms with Gasteiger partial charge in [0, 0.05) is 0 Å². The normalized spacial score (nSPS) is 12.1. The fourth-order valence-electron chi connectivity index (χ4n) is 0.395. The highest BCUT2D eigenvalue weighted by Gasteiger charge is 2.03. The van der Waals surface area contributed by atoms with Crippen molar-refractivity contribution in [3.8, 4) is 0 Å². The summed E-state index contributed by atoms with van der Waals surface area (Å²) in [5.74, 6) is 0. The largest absolute Gasteiger partial charge is 0.306 e. The number of rotatable bonds is 4. The van der Waals surface area contributed by atoms with Gasteiger partial charge in [0.25, 0.3) is 5.09 Å². The summed E-state index contributed by atoms with van der Waals surface area (Å²) in [7, 11) is 0. The van der Waals surface area contributed by atoms with Gasteiger partial charge in [-0.15, -0.1) is 16.7 Å². The van der Waals surface area contributed by atoms with Crippen LogP contribution >= 0.6 is 0 Å². The van der Waals surface area contributed by atoms with Gasteiger partial charge in [-0.3, -0.25) is 0 Å². The van der Waals surface area contributed by atoms with E-state index in [-0.39, 0.29) is 0 Å². The van der Waals surface area contributed by atoms with E-state index in [1.165, 1.54) is 6.08 Å². The van der Waals surface area contributed by atoms with Crippen LogP contribution in [0.25, 0.3) is 0 Å². The minimum absolute atomic E-state index is 0.458. The van der Waals surface area contributed by atoms with E-state index in [0.717, 1.165) is 0 Å². The second-order valence-corrected chi connectivity index (χ2v) is 1.51. The molecule has 0 aliphatic carbocycles. The highest BCUT2D eigenvalue weighted by molar-refractivity contribution is 4.76. The predicted octanol–water partition coefficient (Wildman–Crippen LogP) is 1.16. The van der Waals surface area contributed by atoms with Crippen molar-refractivity contribution in [2.45, 2.75) is 19.4 Å². The van der Waals surface area contributed by atoms with Crippen LogP contribution in [0.3, 0.4) is 0 Å².